The fourth-order valence-electron chi connectivity index (χ4n) is 7.79. The molecule has 6 atom stereocenters. The van der Waals surface area contributed by atoms with Crippen LogP contribution >= 0.6 is 0 Å². The van der Waals surface area contributed by atoms with Crippen LogP contribution in [0.3, 0.4) is 0 Å². The maximum atomic E-state index is 13.6. The number of hydrogen-bond donors (Lipinski definition) is 5. The van der Waals surface area contributed by atoms with Gasteiger partial charge in [0.05, 0.1) is 17.8 Å². The van der Waals surface area contributed by atoms with Gasteiger partial charge in [-0.25, -0.2) is 0 Å². The van der Waals surface area contributed by atoms with Crippen molar-refractivity contribution in [1.82, 2.24) is 0 Å². The summed E-state index contributed by atoms with van der Waals surface area (Å²) >= 11 is 0. The summed E-state index contributed by atoms with van der Waals surface area (Å²) in [5.74, 6) is -8.15. The molecule has 51 heavy (non-hydrogen) atoms. The van der Waals surface area contributed by atoms with E-state index in [9.17, 15) is 49.5 Å². The standard InChI is InChI=1S/C36H36O15/c1-14-10-23(43)27-29(45)25-21(41)8-6-19(31(25)50-35(27,12-37)33(14)48-17(4)39)20-7-9-22(42)26-30(46)28-24(44)11-15(2)34(49-18(5)40)36(28,51-32(20)26)13-47-16(3)38/h6-9,14-15,33-34,37,41-42,45-46H,10-13H2,1-5H3. The van der Waals surface area contributed by atoms with Crippen molar-refractivity contribution < 1.29 is 73.2 Å². The van der Waals surface area contributed by atoms with Crippen LogP contribution in [0.1, 0.15) is 58.6 Å². The molecule has 0 bridgehead atoms. The highest BCUT2D eigenvalue weighted by molar-refractivity contribution is 6.09. The highest BCUT2D eigenvalue weighted by atomic mass is 16.6. The van der Waals surface area contributed by atoms with Gasteiger partial charge < -0.3 is 49.2 Å². The van der Waals surface area contributed by atoms with Crippen molar-refractivity contribution in [2.24, 2.45) is 11.8 Å². The van der Waals surface area contributed by atoms with Crippen molar-refractivity contribution in [2.75, 3.05) is 13.2 Å². The number of benzene rings is 2. The molecule has 6 unspecified atom stereocenters. The number of aromatic hydroxyl groups is 2. The quantitative estimate of drug-likeness (QED) is 0.214. The lowest BCUT2D eigenvalue weighted by atomic mass is 9.69. The Labute approximate surface area is 290 Å². The molecule has 2 heterocycles. The van der Waals surface area contributed by atoms with E-state index in [1.54, 1.807) is 13.8 Å². The molecule has 6 rings (SSSR count). The zero-order valence-electron chi connectivity index (χ0n) is 28.3. The van der Waals surface area contributed by atoms with Gasteiger partial charge in [0.25, 0.3) is 0 Å². The molecule has 0 amide bonds. The summed E-state index contributed by atoms with van der Waals surface area (Å²) in [4.78, 5) is 63.7. The molecule has 2 aliphatic carbocycles. The molecular weight excluding hydrogens is 672 g/mol. The highest BCUT2D eigenvalue weighted by Gasteiger charge is 2.62. The minimum atomic E-state index is -2.14. The van der Waals surface area contributed by atoms with E-state index in [1.807, 2.05) is 0 Å². The van der Waals surface area contributed by atoms with Crippen LogP contribution in [-0.4, -0.2) is 91.6 Å². The average molecular weight is 709 g/mol. The maximum absolute atomic E-state index is 13.6. The number of phenolic OH excluding ortho intramolecular Hbond substituents is 2. The smallest absolute Gasteiger partial charge is 0.303 e. The summed E-state index contributed by atoms with van der Waals surface area (Å²) in [5, 5.41) is 56.4. The number of fused-ring (bicyclic) bond motifs is 4. The molecule has 0 spiro atoms. The van der Waals surface area contributed by atoms with Crippen LogP contribution in [0, 0.1) is 11.8 Å². The molecule has 2 aromatic rings. The van der Waals surface area contributed by atoms with Crippen LogP contribution in [0.2, 0.25) is 0 Å². The minimum Gasteiger partial charge on any atom is -0.507 e. The van der Waals surface area contributed by atoms with Crippen molar-refractivity contribution in [3.63, 3.8) is 0 Å². The van der Waals surface area contributed by atoms with Crippen molar-refractivity contribution in [1.29, 1.82) is 0 Å². The molecular formula is C36H36O15. The maximum Gasteiger partial charge on any atom is 0.303 e. The van der Waals surface area contributed by atoms with Gasteiger partial charge in [-0.1, -0.05) is 13.8 Å². The fourth-order valence-corrected chi connectivity index (χ4v) is 7.79. The van der Waals surface area contributed by atoms with Crippen LogP contribution < -0.4 is 9.47 Å². The molecule has 5 N–H and O–H groups in total. The van der Waals surface area contributed by atoms with Gasteiger partial charge in [-0.15, -0.1) is 0 Å². The topological polar surface area (TPSA) is 233 Å². The molecule has 2 aromatic carbocycles. The Hall–Kier alpha value is -5.57. The predicted octanol–water partition coefficient (Wildman–Crippen LogP) is 3.20. The Morgan fingerprint density at radius 2 is 1.12 bits per heavy atom. The van der Waals surface area contributed by atoms with E-state index in [2.05, 4.69) is 0 Å². The Morgan fingerprint density at radius 3 is 1.53 bits per heavy atom. The Balaban J connectivity index is 1.65. The molecule has 270 valence electrons. The largest absolute Gasteiger partial charge is 0.507 e. The van der Waals surface area contributed by atoms with E-state index in [-0.39, 0.29) is 46.6 Å². The number of ketones is 2. The van der Waals surface area contributed by atoms with E-state index in [0.29, 0.717) is 0 Å². The first kappa shape index (κ1) is 35.3. The number of carbonyl (C=O) groups is 5. The lowest BCUT2D eigenvalue weighted by Gasteiger charge is -2.49. The first-order valence-electron chi connectivity index (χ1n) is 16.1. The summed E-state index contributed by atoms with van der Waals surface area (Å²) in [6, 6.07) is 5.00. The van der Waals surface area contributed by atoms with E-state index in [4.69, 9.17) is 23.7 Å². The monoisotopic (exact) mass is 708 g/mol. The van der Waals surface area contributed by atoms with Crippen LogP contribution in [0.4, 0.5) is 0 Å². The van der Waals surface area contributed by atoms with Gasteiger partial charge in [0.15, 0.2) is 23.8 Å². The fraction of sp³-hybridized carbons (Fsp3) is 0.417. The van der Waals surface area contributed by atoms with E-state index in [0.717, 1.165) is 20.8 Å². The predicted molar refractivity (Wildman–Crippen MR) is 173 cm³/mol. The van der Waals surface area contributed by atoms with Crippen LogP contribution in [0.5, 0.6) is 23.0 Å². The molecule has 4 aliphatic rings. The molecule has 15 heteroatoms. The summed E-state index contributed by atoms with van der Waals surface area (Å²) in [6.07, 6.45) is -2.97. The number of hydrogen-bond acceptors (Lipinski definition) is 15. The van der Waals surface area contributed by atoms with Crippen LogP contribution in [-0.2, 0) is 38.2 Å². The SMILES string of the molecule is CC(=O)OCC12Oc3c(-c4ccc(O)c5c4OC4(CO)C(=C5O)C(=O)CC(C)C4OC(C)=O)ccc(O)c3C(O)=C1C(=O)CC(C)C2OC(C)=O. The third kappa shape index (κ3) is 5.25. The van der Waals surface area contributed by atoms with Gasteiger partial charge in [-0.2, -0.15) is 0 Å². The number of carbonyl (C=O) groups excluding carboxylic acids is 5. The summed E-state index contributed by atoms with van der Waals surface area (Å²) in [5.41, 5.74) is -5.80. The van der Waals surface area contributed by atoms with Crippen molar-refractivity contribution in [2.45, 2.75) is 70.9 Å². The number of Topliss-reactive ketones (excluding diaryl/α,β-unsaturated/α-hetero) is 2. The summed E-state index contributed by atoms with van der Waals surface area (Å²) < 4.78 is 29.5. The van der Waals surface area contributed by atoms with Gasteiger partial charge in [-0.3, -0.25) is 24.0 Å². The number of phenols is 2. The van der Waals surface area contributed by atoms with Crippen LogP contribution in [0.25, 0.3) is 22.6 Å². The lowest BCUT2D eigenvalue weighted by Crippen LogP contribution is -2.63. The second kappa shape index (κ2) is 12.3. The normalized spacial score (nSPS) is 28.0. The van der Waals surface area contributed by atoms with Crippen molar-refractivity contribution in [3.05, 3.63) is 46.5 Å². The Bertz CT molecular complexity index is 1970. The lowest BCUT2D eigenvalue weighted by molar-refractivity contribution is -0.177. The molecule has 2 saturated carbocycles. The second-order valence-electron chi connectivity index (χ2n) is 13.3. The van der Waals surface area contributed by atoms with Gasteiger partial charge in [0.2, 0.25) is 11.2 Å². The third-order valence-electron chi connectivity index (χ3n) is 9.76. The van der Waals surface area contributed by atoms with E-state index < -0.39 is 112 Å². The Morgan fingerprint density at radius 1 is 0.706 bits per heavy atom. The highest BCUT2D eigenvalue weighted by Crippen LogP contribution is 2.58. The molecule has 0 saturated heterocycles. The number of ether oxygens (including phenoxy) is 5. The van der Waals surface area contributed by atoms with E-state index in [1.165, 1.54) is 24.3 Å². The van der Waals surface area contributed by atoms with Crippen molar-refractivity contribution >= 4 is 41.0 Å². The zero-order valence-corrected chi connectivity index (χ0v) is 28.3. The van der Waals surface area contributed by atoms with Gasteiger partial charge in [0.1, 0.15) is 52.3 Å². The molecule has 0 aromatic heterocycles. The van der Waals surface area contributed by atoms with Crippen molar-refractivity contribution in [3.8, 4) is 34.1 Å². The Kier molecular flexibility index (Phi) is 8.53. The molecule has 15 nitrogen and oxygen atoms in total. The number of aliphatic hydroxyl groups is 3. The zero-order chi connectivity index (χ0) is 37.3. The van der Waals surface area contributed by atoms with Gasteiger partial charge >= 0.3 is 17.9 Å². The number of esters is 3. The minimum absolute atomic E-state index is 0.00246. The van der Waals surface area contributed by atoms with Gasteiger partial charge in [0, 0.05) is 56.6 Å². The summed E-state index contributed by atoms with van der Waals surface area (Å²) in [7, 11) is 0. The first-order valence-corrected chi connectivity index (χ1v) is 16.1. The molecule has 2 aliphatic heterocycles. The first-order chi connectivity index (χ1) is 24.0. The second-order valence-corrected chi connectivity index (χ2v) is 13.3. The average Bonchev–Trinajstić information content (AvgIpc) is 3.03. The third-order valence-corrected chi connectivity index (χ3v) is 9.76. The molecule has 2 fully saturated rings. The molecule has 0 radical (unpaired) electrons. The van der Waals surface area contributed by atoms with E-state index >= 15 is 0 Å². The number of aliphatic hydroxyl groups excluding tert-OH is 3. The van der Waals surface area contributed by atoms with Gasteiger partial charge in [-0.05, 0) is 24.3 Å². The van der Waals surface area contributed by atoms with Crippen LogP contribution in [0.15, 0.2) is 35.4 Å². The summed E-state index contributed by atoms with van der Waals surface area (Å²) in [6.45, 7) is 4.91. The number of rotatable bonds is 6.